The van der Waals surface area contributed by atoms with E-state index in [4.69, 9.17) is 9.94 Å². The third kappa shape index (κ3) is 3.54. The lowest BCUT2D eigenvalue weighted by Crippen LogP contribution is -2.38. The smallest absolute Gasteiger partial charge is 0.378 e. The van der Waals surface area contributed by atoms with Crippen LogP contribution in [0.25, 0.3) is 0 Å². The van der Waals surface area contributed by atoms with Gasteiger partial charge in [-0.2, -0.15) is 0 Å². The molecular formula is C13H16N2O4. The fourth-order valence-corrected chi connectivity index (χ4v) is 1.61. The fourth-order valence-electron chi connectivity index (χ4n) is 1.61. The zero-order valence-corrected chi connectivity index (χ0v) is 10.8. The van der Waals surface area contributed by atoms with Crippen molar-refractivity contribution in [3.63, 3.8) is 0 Å². The number of esters is 1. The number of nitrogens with zero attached hydrogens (tertiary/aromatic N) is 2. The predicted molar refractivity (Wildman–Crippen MR) is 68.6 cm³/mol. The van der Waals surface area contributed by atoms with E-state index in [1.165, 1.54) is 0 Å². The molecule has 0 aliphatic rings. The van der Waals surface area contributed by atoms with Crippen molar-refractivity contribution >= 4 is 18.2 Å². The minimum Gasteiger partial charge on any atom is -0.460 e. The number of rotatable bonds is 4. The summed E-state index contributed by atoms with van der Waals surface area (Å²) < 4.78 is 4.73. The molecule has 0 aliphatic carbocycles. The maximum atomic E-state index is 11.6. The third-order valence-corrected chi connectivity index (χ3v) is 2.61. The van der Waals surface area contributed by atoms with Gasteiger partial charge in [0.1, 0.15) is 0 Å². The molecule has 1 atom stereocenters. The van der Waals surface area contributed by atoms with Gasteiger partial charge in [-0.25, -0.2) is 4.79 Å². The van der Waals surface area contributed by atoms with Crippen LogP contribution in [0.1, 0.15) is 25.5 Å². The number of amides is 1. The van der Waals surface area contributed by atoms with Gasteiger partial charge in [-0.15, -0.1) is 0 Å². The van der Waals surface area contributed by atoms with Gasteiger partial charge in [0.15, 0.2) is 0 Å². The summed E-state index contributed by atoms with van der Waals surface area (Å²) in [5.41, 5.74) is 0.806. The molecule has 6 heteroatoms. The number of oxime groups is 1. The first-order chi connectivity index (χ1) is 9.15. The van der Waals surface area contributed by atoms with Crippen molar-refractivity contribution < 1.29 is 19.5 Å². The van der Waals surface area contributed by atoms with Crippen LogP contribution in [0.4, 0.5) is 0 Å². The largest absolute Gasteiger partial charge is 0.460 e. The SMILES string of the molecule is CCOC(=O)/C(=N\O)N(C=O)[C@H](C)c1ccccc1. The zero-order chi connectivity index (χ0) is 14.3. The summed E-state index contributed by atoms with van der Waals surface area (Å²) in [6.45, 7) is 3.47. The quantitative estimate of drug-likeness (QED) is 0.223. The molecular weight excluding hydrogens is 248 g/mol. The number of benzene rings is 1. The first kappa shape index (κ1) is 14.7. The van der Waals surface area contributed by atoms with Gasteiger partial charge in [0.25, 0.3) is 5.84 Å². The summed E-state index contributed by atoms with van der Waals surface area (Å²) in [5, 5.41) is 11.8. The number of ether oxygens (including phenoxy) is 1. The van der Waals surface area contributed by atoms with Gasteiger partial charge in [-0.3, -0.25) is 9.69 Å². The molecule has 0 heterocycles. The number of carbonyl (C=O) groups excluding carboxylic acids is 2. The van der Waals surface area contributed by atoms with Gasteiger partial charge in [-0.1, -0.05) is 35.5 Å². The van der Waals surface area contributed by atoms with Crippen molar-refractivity contribution in [1.82, 2.24) is 4.90 Å². The molecule has 1 amide bonds. The van der Waals surface area contributed by atoms with Crippen molar-refractivity contribution in [2.45, 2.75) is 19.9 Å². The van der Waals surface area contributed by atoms with Crippen LogP contribution >= 0.6 is 0 Å². The molecule has 0 saturated heterocycles. The Morgan fingerprint density at radius 1 is 1.47 bits per heavy atom. The van der Waals surface area contributed by atoms with Crippen molar-refractivity contribution in [2.24, 2.45) is 5.16 Å². The highest BCUT2D eigenvalue weighted by atomic mass is 16.5. The summed E-state index contributed by atoms with van der Waals surface area (Å²) in [6, 6.07) is 8.63. The first-order valence-corrected chi connectivity index (χ1v) is 5.83. The molecule has 0 saturated carbocycles. The molecule has 0 aromatic heterocycles. The third-order valence-electron chi connectivity index (χ3n) is 2.61. The van der Waals surface area contributed by atoms with E-state index < -0.39 is 17.8 Å². The molecule has 102 valence electrons. The normalized spacial score (nSPS) is 12.6. The Bertz CT molecular complexity index is 459. The van der Waals surface area contributed by atoms with Crippen LogP contribution in [0.15, 0.2) is 35.5 Å². The highest BCUT2D eigenvalue weighted by Crippen LogP contribution is 2.19. The van der Waals surface area contributed by atoms with E-state index in [0.717, 1.165) is 10.5 Å². The maximum Gasteiger partial charge on any atom is 0.378 e. The minimum atomic E-state index is -0.847. The first-order valence-electron chi connectivity index (χ1n) is 5.83. The molecule has 0 fully saturated rings. The van der Waals surface area contributed by atoms with E-state index in [1.807, 2.05) is 18.2 Å². The Kier molecular flexibility index (Phi) is 5.53. The van der Waals surface area contributed by atoms with E-state index in [1.54, 1.807) is 26.0 Å². The van der Waals surface area contributed by atoms with Crippen molar-refractivity contribution in [1.29, 1.82) is 0 Å². The van der Waals surface area contributed by atoms with Gasteiger partial charge in [0.2, 0.25) is 6.41 Å². The number of amidine groups is 1. The number of hydrogen-bond acceptors (Lipinski definition) is 5. The van der Waals surface area contributed by atoms with Crippen molar-refractivity contribution in [3.8, 4) is 0 Å². The van der Waals surface area contributed by atoms with E-state index in [0.29, 0.717) is 6.41 Å². The highest BCUT2D eigenvalue weighted by Gasteiger charge is 2.26. The Morgan fingerprint density at radius 2 is 2.11 bits per heavy atom. The Labute approximate surface area is 111 Å². The molecule has 0 aliphatic heterocycles. The van der Waals surface area contributed by atoms with Crippen LogP contribution in [0, 0.1) is 0 Å². The Hall–Kier alpha value is -2.37. The fraction of sp³-hybridized carbons (Fsp3) is 0.308. The summed E-state index contributed by atoms with van der Waals surface area (Å²) in [6.07, 6.45) is 0.434. The lowest BCUT2D eigenvalue weighted by Gasteiger charge is -2.24. The average molecular weight is 264 g/mol. The average Bonchev–Trinajstić information content (AvgIpc) is 2.45. The van der Waals surface area contributed by atoms with Crippen LogP contribution in [-0.4, -0.2) is 34.9 Å². The lowest BCUT2D eigenvalue weighted by atomic mass is 10.1. The molecule has 1 aromatic carbocycles. The highest BCUT2D eigenvalue weighted by molar-refractivity contribution is 6.36. The molecule has 6 nitrogen and oxygen atoms in total. The van der Waals surface area contributed by atoms with Crippen molar-refractivity contribution in [2.75, 3.05) is 6.61 Å². The van der Waals surface area contributed by atoms with Crippen LogP contribution in [0.5, 0.6) is 0 Å². The molecule has 19 heavy (non-hydrogen) atoms. The van der Waals surface area contributed by atoms with E-state index in [9.17, 15) is 9.59 Å². The number of carbonyl (C=O) groups is 2. The van der Waals surface area contributed by atoms with E-state index in [-0.39, 0.29) is 6.61 Å². The van der Waals surface area contributed by atoms with Crippen LogP contribution in [-0.2, 0) is 14.3 Å². The summed E-state index contributed by atoms with van der Waals surface area (Å²) in [7, 11) is 0. The molecule has 0 bridgehead atoms. The van der Waals surface area contributed by atoms with Crippen LogP contribution in [0.2, 0.25) is 0 Å². The van der Waals surface area contributed by atoms with Gasteiger partial charge in [-0.05, 0) is 19.4 Å². The predicted octanol–water partition coefficient (Wildman–Crippen LogP) is 1.56. The summed E-state index contributed by atoms with van der Waals surface area (Å²) in [5.74, 6) is -1.28. The molecule has 1 N–H and O–H groups in total. The van der Waals surface area contributed by atoms with Gasteiger partial charge < -0.3 is 9.94 Å². The van der Waals surface area contributed by atoms with E-state index >= 15 is 0 Å². The van der Waals surface area contributed by atoms with Crippen LogP contribution < -0.4 is 0 Å². The Balaban J connectivity index is 2.99. The van der Waals surface area contributed by atoms with Gasteiger partial charge in [0, 0.05) is 0 Å². The second-order valence-electron chi connectivity index (χ2n) is 3.74. The van der Waals surface area contributed by atoms with E-state index in [2.05, 4.69) is 5.16 Å². The monoisotopic (exact) mass is 264 g/mol. The molecule has 0 spiro atoms. The standard InChI is InChI=1S/C13H16N2O4/c1-3-19-13(17)12(14-18)15(9-16)10(2)11-7-5-4-6-8-11/h4-10,18H,3H2,1-2H3/b14-12+/t10-/m1/s1. The van der Waals surface area contributed by atoms with Gasteiger partial charge >= 0.3 is 5.97 Å². The summed E-state index contributed by atoms with van der Waals surface area (Å²) in [4.78, 5) is 23.8. The second-order valence-corrected chi connectivity index (χ2v) is 3.74. The number of hydrogen-bond donors (Lipinski definition) is 1. The second kappa shape index (κ2) is 7.15. The van der Waals surface area contributed by atoms with Crippen molar-refractivity contribution in [3.05, 3.63) is 35.9 Å². The molecule has 0 unspecified atom stereocenters. The summed E-state index contributed by atoms with van der Waals surface area (Å²) >= 11 is 0. The molecule has 1 aromatic rings. The Morgan fingerprint density at radius 3 is 2.58 bits per heavy atom. The molecule has 0 radical (unpaired) electrons. The van der Waals surface area contributed by atoms with Gasteiger partial charge in [0.05, 0.1) is 12.6 Å². The minimum absolute atomic E-state index is 0.129. The maximum absolute atomic E-state index is 11.6. The topological polar surface area (TPSA) is 79.2 Å². The van der Waals surface area contributed by atoms with Crippen LogP contribution in [0.3, 0.4) is 0 Å². The lowest BCUT2D eigenvalue weighted by molar-refractivity contribution is -0.137. The molecule has 1 rings (SSSR count). The zero-order valence-electron chi connectivity index (χ0n) is 10.8.